The van der Waals surface area contributed by atoms with Gasteiger partial charge in [0.05, 0.1) is 17.4 Å². The molecule has 0 aliphatic carbocycles. The van der Waals surface area contributed by atoms with Gasteiger partial charge in [0.2, 0.25) is 0 Å². The van der Waals surface area contributed by atoms with Crippen LogP contribution < -0.4 is 5.32 Å². The normalized spacial score (nSPS) is 12.0. The van der Waals surface area contributed by atoms with Gasteiger partial charge in [-0.3, -0.25) is 9.59 Å². The highest BCUT2D eigenvalue weighted by molar-refractivity contribution is 7.20. The summed E-state index contributed by atoms with van der Waals surface area (Å²) in [6, 6.07) is 3.87. The third-order valence-corrected chi connectivity index (χ3v) is 4.58. The Morgan fingerprint density at radius 3 is 2.90 bits per heavy atom. The molecule has 0 aromatic carbocycles. The third kappa shape index (κ3) is 4.35. The van der Waals surface area contributed by atoms with E-state index in [4.69, 9.17) is 9.84 Å². The first-order valence-electron chi connectivity index (χ1n) is 6.12. The Hall–Kier alpha value is -1.77. The van der Waals surface area contributed by atoms with Crippen LogP contribution in [0.2, 0.25) is 0 Å². The van der Waals surface area contributed by atoms with E-state index >= 15 is 0 Å². The maximum absolute atomic E-state index is 12.0. The summed E-state index contributed by atoms with van der Waals surface area (Å²) in [5.41, 5.74) is 0.327. The van der Waals surface area contributed by atoms with E-state index in [1.54, 1.807) is 16.7 Å². The lowest BCUT2D eigenvalue weighted by atomic mass is 10.2. The van der Waals surface area contributed by atoms with Crippen LogP contribution in [-0.2, 0) is 9.53 Å². The van der Waals surface area contributed by atoms with E-state index in [2.05, 4.69) is 10.3 Å². The van der Waals surface area contributed by atoms with Crippen molar-refractivity contribution >= 4 is 34.6 Å². The Balaban J connectivity index is 1.93. The van der Waals surface area contributed by atoms with Gasteiger partial charge >= 0.3 is 5.97 Å². The molecule has 0 spiro atoms. The molecule has 1 atom stereocenters. The molecule has 0 radical (unpaired) electrons. The zero-order valence-corrected chi connectivity index (χ0v) is 12.9. The number of carbonyl (C=O) groups excluding carboxylic acids is 1. The van der Waals surface area contributed by atoms with Gasteiger partial charge in [-0.05, 0) is 11.4 Å². The minimum absolute atomic E-state index is 0.132. The van der Waals surface area contributed by atoms with E-state index in [0.717, 1.165) is 9.88 Å². The molecule has 0 aliphatic heterocycles. The Morgan fingerprint density at radius 1 is 1.48 bits per heavy atom. The fourth-order valence-electron chi connectivity index (χ4n) is 1.62. The summed E-state index contributed by atoms with van der Waals surface area (Å²) in [5, 5.41) is 15.8. The van der Waals surface area contributed by atoms with Gasteiger partial charge in [0.15, 0.2) is 0 Å². The Kier molecular flexibility index (Phi) is 5.43. The molecule has 0 fully saturated rings. The molecule has 2 heterocycles. The quantitative estimate of drug-likeness (QED) is 0.813. The van der Waals surface area contributed by atoms with Crippen molar-refractivity contribution in [1.82, 2.24) is 10.3 Å². The van der Waals surface area contributed by atoms with E-state index in [1.807, 2.05) is 17.5 Å². The number of carboxylic acid groups (broad SMARTS) is 1. The highest BCUT2D eigenvalue weighted by Gasteiger charge is 2.16. The number of carboxylic acids is 1. The molecular weight excluding hydrogens is 312 g/mol. The minimum atomic E-state index is -0.968. The van der Waals surface area contributed by atoms with Crippen LogP contribution >= 0.6 is 22.7 Å². The monoisotopic (exact) mass is 326 g/mol. The Bertz CT molecular complexity index is 609. The van der Waals surface area contributed by atoms with Gasteiger partial charge in [-0.1, -0.05) is 6.07 Å². The van der Waals surface area contributed by atoms with Crippen LogP contribution in [-0.4, -0.2) is 41.7 Å². The summed E-state index contributed by atoms with van der Waals surface area (Å²) in [6.45, 7) is 0.132. The largest absolute Gasteiger partial charge is 0.481 e. The number of ether oxygens (including phenoxy) is 1. The number of methoxy groups -OCH3 is 1. The molecule has 2 rings (SSSR count). The second-order valence-electron chi connectivity index (χ2n) is 4.18. The molecule has 0 saturated carbocycles. The van der Waals surface area contributed by atoms with Gasteiger partial charge in [0, 0.05) is 19.0 Å². The number of nitrogens with one attached hydrogen (secondary N) is 1. The number of hydrogen-bond donors (Lipinski definition) is 2. The van der Waals surface area contributed by atoms with E-state index in [1.165, 1.54) is 18.4 Å². The van der Waals surface area contributed by atoms with Crippen LogP contribution in [0.3, 0.4) is 0 Å². The van der Waals surface area contributed by atoms with Gasteiger partial charge < -0.3 is 15.2 Å². The highest BCUT2D eigenvalue weighted by atomic mass is 32.1. The van der Waals surface area contributed by atoms with Crippen LogP contribution in [0.1, 0.15) is 16.9 Å². The van der Waals surface area contributed by atoms with Crippen molar-refractivity contribution in [3.8, 4) is 9.88 Å². The Morgan fingerprint density at radius 2 is 2.29 bits per heavy atom. The zero-order chi connectivity index (χ0) is 15.2. The predicted molar refractivity (Wildman–Crippen MR) is 80.8 cm³/mol. The van der Waals surface area contributed by atoms with Gasteiger partial charge in [-0.15, -0.1) is 22.7 Å². The molecule has 8 heteroatoms. The number of carbonyl (C=O) groups is 2. The second kappa shape index (κ2) is 7.30. The van der Waals surface area contributed by atoms with E-state index < -0.39 is 12.1 Å². The summed E-state index contributed by atoms with van der Waals surface area (Å²) in [6.07, 6.45) is -0.712. The fraction of sp³-hybridized carbons (Fsp3) is 0.308. The third-order valence-electron chi connectivity index (χ3n) is 2.69. The smallest absolute Gasteiger partial charge is 0.306 e. The molecule has 1 unspecified atom stereocenters. The van der Waals surface area contributed by atoms with Crippen molar-refractivity contribution < 1.29 is 19.4 Å². The number of thiophene rings is 1. The van der Waals surface area contributed by atoms with Crippen LogP contribution in [0.4, 0.5) is 0 Å². The van der Waals surface area contributed by atoms with Crippen molar-refractivity contribution in [2.45, 2.75) is 12.5 Å². The summed E-state index contributed by atoms with van der Waals surface area (Å²) in [5.74, 6) is -1.30. The molecule has 0 bridgehead atoms. The zero-order valence-electron chi connectivity index (χ0n) is 11.2. The topological polar surface area (TPSA) is 88.5 Å². The molecule has 1 amide bonds. The van der Waals surface area contributed by atoms with Crippen LogP contribution in [0.5, 0.6) is 0 Å². The van der Waals surface area contributed by atoms with Crippen molar-refractivity contribution in [2.75, 3.05) is 13.7 Å². The fourth-order valence-corrected chi connectivity index (χ4v) is 3.24. The molecule has 2 aromatic heterocycles. The van der Waals surface area contributed by atoms with Gasteiger partial charge in [0.1, 0.15) is 10.7 Å². The summed E-state index contributed by atoms with van der Waals surface area (Å²) < 4.78 is 5.00. The predicted octanol–water partition coefficient (Wildman–Crippen LogP) is 2.09. The number of aromatic nitrogens is 1. The van der Waals surface area contributed by atoms with Gasteiger partial charge in [-0.25, -0.2) is 4.98 Å². The minimum Gasteiger partial charge on any atom is -0.481 e. The Labute approximate surface area is 129 Å². The number of rotatable bonds is 7. The van der Waals surface area contributed by atoms with Gasteiger partial charge in [0.25, 0.3) is 5.91 Å². The lowest BCUT2D eigenvalue weighted by Crippen LogP contribution is -2.34. The molecule has 2 aromatic rings. The van der Waals surface area contributed by atoms with E-state index in [9.17, 15) is 9.59 Å². The maximum Gasteiger partial charge on any atom is 0.306 e. The van der Waals surface area contributed by atoms with E-state index in [0.29, 0.717) is 5.69 Å². The number of hydrogen-bond acceptors (Lipinski definition) is 6. The van der Waals surface area contributed by atoms with Crippen LogP contribution in [0.15, 0.2) is 22.9 Å². The number of thiazole rings is 1. The lowest BCUT2D eigenvalue weighted by Gasteiger charge is -2.13. The highest BCUT2D eigenvalue weighted by Crippen LogP contribution is 2.27. The molecule has 0 saturated heterocycles. The first-order chi connectivity index (χ1) is 10.1. The number of amides is 1. The summed E-state index contributed by atoms with van der Waals surface area (Å²) in [7, 11) is 1.41. The van der Waals surface area contributed by atoms with E-state index in [-0.39, 0.29) is 18.9 Å². The summed E-state index contributed by atoms with van der Waals surface area (Å²) in [4.78, 5) is 27.9. The van der Waals surface area contributed by atoms with Crippen LogP contribution in [0.25, 0.3) is 9.88 Å². The first kappa shape index (κ1) is 15.6. The molecular formula is C13H14N2O4S2. The standard InChI is InChI=1S/C13H14N2O4S2/c1-19-8(5-11(16)17)6-14-12(18)9-7-21-13(15-9)10-3-2-4-20-10/h2-4,7-8H,5-6H2,1H3,(H,14,18)(H,16,17). The second-order valence-corrected chi connectivity index (χ2v) is 5.99. The lowest BCUT2D eigenvalue weighted by molar-refractivity contribution is -0.139. The average Bonchev–Trinajstić information content (AvgIpc) is 3.12. The molecule has 112 valence electrons. The maximum atomic E-state index is 12.0. The summed E-state index contributed by atoms with van der Waals surface area (Å²) >= 11 is 2.96. The van der Waals surface area contributed by atoms with Crippen molar-refractivity contribution in [3.05, 3.63) is 28.6 Å². The first-order valence-corrected chi connectivity index (χ1v) is 7.88. The average molecular weight is 326 g/mol. The van der Waals surface area contributed by atoms with Crippen LogP contribution in [0, 0.1) is 0 Å². The van der Waals surface area contributed by atoms with Gasteiger partial charge in [-0.2, -0.15) is 0 Å². The number of aliphatic carboxylic acids is 1. The molecule has 6 nitrogen and oxygen atoms in total. The van der Waals surface area contributed by atoms with Crippen molar-refractivity contribution in [2.24, 2.45) is 0 Å². The van der Waals surface area contributed by atoms with Crippen molar-refractivity contribution in [3.63, 3.8) is 0 Å². The molecule has 21 heavy (non-hydrogen) atoms. The molecule has 2 N–H and O–H groups in total. The molecule has 0 aliphatic rings. The number of nitrogens with zero attached hydrogens (tertiary/aromatic N) is 1. The van der Waals surface area contributed by atoms with Crippen molar-refractivity contribution in [1.29, 1.82) is 0 Å². The SMILES string of the molecule is COC(CNC(=O)c1csc(-c2cccs2)n1)CC(=O)O.